The van der Waals surface area contributed by atoms with Gasteiger partial charge in [0, 0.05) is 41.1 Å². The van der Waals surface area contributed by atoms with Crippen LogP contribution < -0.4 is 5.32 Å². The lowest BCUT2D eigenvalue weighted by molar-refractivity contribution is 0.578. The average Bonchev–Trinajstić information content (AvgIpc) is 2.83. The first-order chi connectivity index (χ1) is 8.06. The number of aryl methyl sites for hydroxylation is 3. The smallest absolute Gasteiger partial charge is 0.0537 e. The first kappa shape index (κ1) is 12.3. The molecule has 0 aliphatic carbocycles. The molecule has 0 amide bonds. The summed E-state index contributed by atoms with van der Waals surface area (Å²) in [5.74, 6) is 0. The van der Waals surface area contributed by atoms with E-state index < -0.39 is 0 Å². The Labute approximate surface area is 106 Å². The lowest BCUT2D eigenvalue weighted by Gasteiger charge is -2.10. The van der Waals surface area contributed by atoms with Gasteiger partial charge in [-0.1, -0.05) is 0 Å². The number of hydrogen-bond donors (Lipinski definition) is 1. The summed E-state index contributed by atoms with van der Waals surface area (Å²) in [4.78, 5) is 2.81. The van der Waals surface area contributed by atoms with Crippen LogP contribution in [0.1, 0.15) is 33.8 Å². The molecule has 2 rings (SSSR count). The van der Waals surface area contributed by atoms with Crippen LogP contribution in [0.2, 0.25) is 0 Å². The minimum atomic E-state index is 0.339. The van der Waals surface area contributed by atoms with Gasteiger partial charge in [-0.25, -0.2) is 0 Å². The van der Waals surface area contributed by atoms with Crippen molar-refractivity contribution in [3.63, 3.8) is 0 Å². The Hall–Kier alpha value is -1.13. The molecule has 0 aliphatic heterocycles. The van der Waals surface area contributed by atoms with Crippen molar-refractivity contribution in [3.05, 3.63) is 39.3 Å². The maximum absolute atomic E-state index is 4.19. The summed E-state index contributed by atoms with van der Waals surface area (Å²) < 4.78 is 1.84. The van der Waals surface area contributed by atoms with E-state index in [0.29, 0.717) is 6.04 Å². The maximum atomic E-state index is 4.19. The van der Waals surface area contributed by atoms with Crippen molar-refractivity contribution in [1.82, 2.24) is 15.1 Å². The number of nitrogens with one attached hydrogen (secondary N) is 1. The predicted octanol–water partition coefficient (Wildman–Crippen LogP) is 2.95. The molecule has 0 fully saturated rings. The molecule has 1 atom stereocenters. The van der Waals surface area contributed by atoms with Crippen LogP contribution in [0.3, 0.4) is 0 Å². The van der Waals surface area contributed by atoms with Gasteiger partial charge in [0.2, 0.25) is 0 Å². The minimum absolute atomic E-state index is 0.339. The first-order valence-electron chi connectivity index (χ1n) is 5.84. The maximum Gasteiger partial charge on any atom is 0.0537 e. The first-order valence-corrected chi connectivity index (χ1v) is 6.65. The zero-order valence-corrected chi connectivity index (χ0v) is 11.6. The van der Waals surface area contributed by atoms with E-state index in [1.165, 1.54) is 20.9 Å². The number of thiophene rings is 1. The van der Waals surface area contributed by atoms with Crippen molar-refractivity contribution in [2.75, 3.05) is 0 Å². The van der Waals surface area contributed by atoms with E-state index in [-0.39, 0.29) is 0 Å². The molecule has 17 heavy (non-hydrogen) atoms. The van der Waals surface area contributed by atoms with Crippen LogP contribution in [0.25, 0.3) is 0 Å². The fraction of sp³-hybridized carbons (Fsp3) is 0.462. The Kier molecular flexibility index (Phi) is 3.64. The summed E-state index contributed by atoms with van der Waals surface area (Å²) in [6.45, 7) is 7.44. The molecule has 2 aromatic heterocycles. The minimum Gasteiger partial charge on any atom is -0.305 e. The van der Waals surface area contributed by atoms with E-state index in [1.54, 1.807) is 0 Å². The lowest BCUT2D eigenvalue weighted by atomic mass is 10.2. The summed E-state index contributed by atoms with van der Waals surface area (Å²) in [6, 6.07) is 2.61. The molecule has 0 saturated heterocycles. The second kappa shape index (κ2) is 5.02. The number of aromatic nitrogens is 2. The molecule has 92 valence electrons. The third-order valence-electron chi connectivity index (χ3n) is 3.02. The van der Waals surface area contributed by atoms with E-state index in [2.05, 4.69) is 43.4 Å². The Bertz CT molecular complexity index is 479. The van der Waals surface area contributed by atoms with Gasteiger partial charge in [-0.05, 0) is 32.4 Å². The van der Waals surface area contributed by atoms with Crippen molar-refractivity contribution in [2.45, 2.75) is 33.4 Å². The molecule has 1 unspecified atom stereocenters. The highest BCUT2D eigenvalue weighted by molar-refractivity contribution is 7.12. The van der Waals surface area contributed by atoms with Crippen LogP contribution in [-0.4, -0.2) is 9.78 Å². The zero-order valence-electron chi connectivity index (χ0n) is 10.8. The van der Waals surface area contributed by atoms with Crippen LogP contribution >= 0.6 is 11.3 Å². The van der Waals surface area contributed by atoms with E-state index in [0.717, 1.165) is 6.54 Å². The van der Waals surface area contributed by atoms with Gasteiger partial charge >= 0.3 is 0 Å². The van der Waals surface area contributed by atoms with Gasteiger partial charge in [-0.15, -0.1) is 11.3 Å². The third kappa shape index (κ3) is 2.96. The van der Waals surface area contributed by atoms with Crippen molar-refractivity contribution in [2.24, 2.45) is 7.05 Å². The molecule has 0 spiro atoms. The molecule has 2 heterocycles. The van der Waals surface area contributed by atoms with Gasteiger partial charge in [-0.2, -0.15) is 5.10 Å². The average molecular weight is 249 g/mol. The van der Waals surface area contributed by atoms with Gasteiger partial charge in [0.1, 0.15) is 0 Å². The normalized spacial score (nSPS) is 12.9. The highest BCUT2D eigenvalue weighted by Crippen LogP contribution is 2.21. The Morgan fingerprint density at radius 2 is 2.24 bits per heavy atom. The summed E-state index contributed by atoms with van der Waals surface area (Å²) in [7, 11) is 1.95. The molecular weight excluding hydrogens is 230 g/mol. The Balaban J connectivity index is 1.94. The third-order valence-corrected chi connectivity index (χ3v) is 4.18. The van der Waals surface area contributed by atoms with Crippen LogP contribution in [0.5, 0.6) is 0 Å². The summed E-state index contributed by atoms with van der Waals surface area (Å²) in [6.07, 6.45) is 3.98. The summed E-state index contributed by atoms with van der Waals surface area (Å²) >= 11 is 1.87. The highest BCUT2D eigenvalue weighted by atomic mass is 32.1. The van der Waals surface area contributed by atoms with E-state index in [1.807, 2.05) is 29.3 Å². The molecule has 0 aromatic carbocycles. The molecule has 0 bridgehead atoms. The van der Waals surface area contributed by atoms with E-state index in [9.17, 15) is 0 Å². The van der Waals surface area contributed by atoms with Crippen LogP contribution in [0.15, 0.2) is 18.5 Å². The van der Waals surface area contributed by atoms with Gasteiger partial charge in [0.05, 0.1) is 6.20 Å². The number of nitrogens with zero attached hydrogens (tertiary/aromatic N) is 2. The van der Waals surface area contributed by atoms with Crippen LogP contribution in [0, 0.1) is 13.8 Å². The topological polar surface area (TPSA) is 29.9 Å². The number of rotatable bonds is 4. The zero-order chi connectivity index (χ0) is 12.4. The molecule has 2 aromatic rings. The van der Waals surface area contributed by atoms with Gasteiger partial charge in [0.25, 0.3) is 0 Å². The fourth-order valence-electron chi connectivity index (χ4n) is 1.77. The van der Waals surface area contributed by atoms with Crippen molar-refractivity contribution < 1.29 is 0 Å². The summed E-state index contributed by atoms with van der Waals surface area (Å²) in [5, 5.41) is 7.72. The van der Waals surface area contributed by atoms with Crippen LogP contribution in [0.4, 0.5) is 0 Å². The standard InChI is InChI=1S/C13H19N3S/c1-9-5-13(17-11(9)3)7-14-10(2)12-6-15-16(4)8-12/h5-6,8,10,14H,7H2,1-4H3. The number of hydrogen-bond acceptors (Lipinski definition) is 3. The largest absolute Gasteiger partial charge is 0.305 e. The molecular formula is C13H19N3S. The van der Waals surface area contributed by atoms with Gasteiger partial charge in [-0.3, -0.25) is 4.68 Å². The monoisotopic (exact) mass is 249 g/mol. The predicted molar refractivity (Wildman–Crippen MR) is 72.3 cm³/mol. The summed E-state index contributed by atoms with van der Waals surface area (Å²) in [5.41, 5.74) is 2.62. The molecule has 3 nitrogen and oxygen atoms in total. The van der Waals surface area contributed by atoms with Crippen molar-refractivity contribution in [3.8, 4) is 0 Å². The van der Waals surface area contributed by atoms with E-state index in [4.69, 9.17) is 0 Å². The van der Waals surface area contributed by atoms with Crippen molar-refractivity contribution >= 4 is 11.3 Å². The molecule has 0 aliphatic rings. The van der Waals surface area contributed by atoms with Crippen molar-refractivity contribution in [1.29, 1.82) is 0 Å². The quantitative estimate of drug-likeness (QED) is 0.903. The van der Waals surface area contributed by atoms with Gasteiger partial charge in [0.15, 0.2) is 0 Å². The van der Waals surface area contributed by atoms with Gasteiger partial charge < -0.3 is 5.32 Å². The van der Waals surface area contributed by atoms with E-state index >= 15 is 0 Å². The molecule has 0 radical (unpaired) electrons. The van der Waals surface area contributed by atoms with Crippen LogP contribution in [-0.2, 0) is 13.6 Å². The Morgan fingerprint density at radius 3 is 2.76 bits per heavy atom. The molecule has 0 saturated carbocycles. The second-order valence-corrected chi connectivity index (χ2v) is 5.84. The lowest BCUT2D eigenvalue weighted by Crippen LogP contribution is -2.16. The fourth-order valence-corrected chi connectivity index (χ4v) is 2.78. The molecule has 1 N–H and O–H groups in total. The molecule has 4 heteroatoms. The Morgan fingerprint density at radius 1 is 1.47 bits per heavy atom. The highest BCUT2D eigenvalue weighted by Gasteiger charge is 2.08. The second-order valence-electron chi connectivity index (χ2n) is 4.50. The SMILES string of the molecule is Cc1cc(CNC(C)c2cnn(C)c2)sc1C.